The lowest BCUT2D eigenvalue weighted by atomic mass is 10.1. The molecule has 0 bridgehead atoms. The van der Waals surface area contributed by atoms with Crippen molar-refractivity contribution in [2.24, 2.45) is 0 Å². The lowest BCUT2D eigenvalue weighted by Gasteiger charge is -2.04. The number of carbonyl (C=O) groups excluding carboxylic acids is 1. The summed E-state index contributed by atoms with van der Waals surface area (Å²) >= 11 is 0. The Labute approximate surface area is 126 Å². The van der Waals surface area contributed by atoms with Gasteiger partial charge >= 0.3 is 0 Å². The summed E-state index contributed by atoms with van der Waals surface area (Å²) in [7, 11) is 0. The fourth-order valence-electron chi connectivity index (χ4n) is 2.40. The van der Waals surface area contributed by atoms with Gasteiger partial charge in [0.05, 0.1) is 6.42 Å². The van der Waals surface area contributed by atoms with E-state index >= 15 is 0 Å². The molecule has 1 amide bonds. The van der Waals surface area contributed by atoms with Crippen LogP contribution in [0, 0.1) is 0 Å². The fourth-order valence-corrected chi connectivity index (χ4v) is 2.40. The summed E-state index contributed by atoms with van der Waals surface area (Å²) in [6.07, 6.45) is 7.87. The van der Waals surface area contributed by atoms with Gasteiger partial charge < -0.3 is 10.3 Å². The Morgan fingerprint density at radius 2 is 2.05 bits per heavy atom. The second kappa shape index (κ2) is 7.67. The van der Waals surface area contributed by atoms with Crippen molar-refractivity contribution in [1.29, 1.82) is 0 Å². The Morgan fingerprint density at radius 3 is 2.86 bits per heavy atom. The molecule has 3 heteroatoms. The number of H-pyrrole nitrogens is 1. The molecule has 0 aliphatic heterocycles. The van der Waals surface area contributed by atoms with Gasteiger partial charge in [-0.1, -0.05) is 29.8 Å². The lowest BCUT2D eigenvalue weighted by molar-refractivity contribution is -0.120. The first kappa shape index (κ1) is 15.4. The van der Waals surface area contributed by atoms with E-state index in [9.17, 15) is 4.79 Å². The summed E-state index contributed by atoms with van der Waals surface area (Å²) in [6.45, 7) is 4.99. The molecule has 1 aromatic heterocycles. The highest BCUT2D eigenvalue weighted by Gasteiger charge is 2.07. The number of rotatable bonds is 7. The van der Waals surface area contributed by atoms with Crippen molar-refractivity contribution in [3.05, 3.63) is 47.7 Å². The van der Waals surface area contributed by atoms with Gasteiger partial charge in [-0.05, 0) is 44.7 Å². The maximum atomic E-state index is 12.0. The topological polar surface area (TPSA) is 44.9 Å². The second-order valence-electron chi connectivity index (χ2n) is 5.66. The summed E-state index contributed by atoms with van der Waals surface area (Å²) in [6, 6.07) is 8.07. The summed E-state index contributed by atoms with van der Waals surface area (Å²) in [5.41, 5.74) is 3.51. The number of unbranched alkanes of at least 4 members (excludes halogenated alkanes) is 2. The normalized spacial score (nSPS) is 10.6. The van der Waals surface area contributed by atoms with E-state index in [1.54, 1.807) is 0 Å². The summed E-state index contributed by atoms with van der Waals surface area (Å²) in [5.74, 6) is 0.0990. The van der Waals surface area contributed by atoms with Crippen LogP contribution in [-0.4, -0.2) is 17.4 Å². The number of allylic oxidation sites excluding steroid dienone is 2. The van der Waals surface area contributed by atoms with Gasteiger partial charge in [0.15, 0.2) is 0 Å². The van der Waals surface area contributed by atoms with Crippen LogP contribution >= 0.6 is 0 Å². The molecule has 112 valence electrons. The van der Waals surface area contributed by atoms with E-state index in [0.717, 1.165) is 42.3 Å². The van der Waals surface area contributed by atoms with E-state index in [2.05, 4.69) is 30.2 Å². The molecule has 0 saturated carbocycles. The predicted octanol–water partition coefficient (Wildman–Crippen LogP) is 3.96. The number of fused-ring (bicyclic) bond motifs is 1. The minimum Gasteiger partial charge on any atom is -0.361 e. The van der Waals surface area contributed by atoms with Crippen LogP contribution < -0.4 is 5.32 Å². The van der Waals surface area contributed by atoms with Gasteiger partial charge in [0.1, 0.15) is 0 Å². The van der Waals surface area contributed by atoms with Crippen molar-refractivity contribution in [1.82, 2.24) is 10.3 Å². The molecule has 1 aromatic carbocycles. The molecule has 2 aromatic rings. The number of aromatic amines is 1. The molecule has 2 rings (SSSR count). The molecule has 1 heterocycles. The van der Waals surface area contributed by atoms with Crippen molar-refractivity contribution in [2.45, 2.75) is 39.5 Å². The van der Waals surface area contributed by atoms with Crippen LogP contribution in [0.4, 0.5) is 0 Å². The zero-order valence-corrected chi connectivity index (χ0v) is 12.9. The van der Waals surface area contributed by atoms with E-state index in [1.165, 1.54) is 5.57 Å². The van der Waals surface area contributed by atoms with Crippen LogP contribution in [0.1, 0.15) is 38.7 Å². The molecule has 0 atom stereocenters. The average molecular weight is 284 g/mol. The van der Waals surface area contributed by atoms with Crippen molar-refractivity contribution >= 4 is 16.8 Å². The lowest BCUT2D eigenvalue weighted by Crippen LogP contribution is -2.25. The highest BCUT2D eigenvalue weighted by atomic mass is 16.1. The summed E-state index contributed by atoms with van der Waals surface area (Å²) in [4.78, 5) is 15.2. The number of para-hydroxylation sites is 1. The van der Waals surface area contributed by atoms with E-state index in [-0.39, 0.29) is 5.91 Å². The first-order chi connectivity index (χ1) is 10.2. The first-order valence-electron chi connectivity index (χ1n) is 7.62. The molecule has 0 unspecified atom stereocenters. The van der Waals surface area contributed by atoms with Crippen molar-refractivity contribution < 1.29 is 4.79 Å². The van der Waals surface area contributed by atoms with Crippen LogP contribution in [0.15, 0.2) is 42.1 Å². The highest BCUT2D eigenvalue weighted by molar-refractivity contribution is 5.88. The number of amides is 1. The van der Waals surface area contributed by atoms with Gasteiger partial charge in [0.2, 0.25) is 5.91 Å². The van der Waals surface area contributed by atoms with Crippen molar-refractivity contribution in [3.63, 3.8) is 0 Å². The fraction of sp³-hybridized carbons (Fsp3) is 0.389. The van der Waals surface area contributed by atoms with E-state index in [1.807, 2.05) is 30.5 Å². The molecule has 0 fully saturated rings. The summed E-state index contributed by atoms with van der Waals surface area (Å²) in [5, 5.41) is 4.14. The number of hydrogen-bond donors (Lipinski definition) is 2. The number of benzene rings is 1. The largest absolute Gasteiger partial charge is 0.361 e. The molecular formula is C18H24N2O. The number of hydrogen-bond acceptors (Lipinski definition) is 1. The third-order valence-electron chi connectivity index (χ3n) is 3.53. The number of carbonyl (C=O) groups is 1. The van der Waals surface area contributed by atoms with Crippen LogP contribution in [-0.2, 0) is 11.2 Å². The average Bonchev–Trinajstić information content (AvgIpc) is 2.86. The Hall–Kier alpha value is -2.03. The molecule has 0 aliphatic rings. The van der Waals surface area contributed by atoms with Crippen molar-refractivity contribution in [2.75, 3.05) is 6.54 Å². The molecule has 3 nitrogen and oxygen atoms in total. The monoisotopic (exact) mass is 284 g/mol. The predicted molar refractivity (Wildman–Crippen MR) is 88.3 cm³/mol. The van der Waals surface area contributed by atoms with E-state index in [4.69, 9.17) is 0 Å². The van der Waals surface area contributed by atoms with Gasteiger partial charge in [-0.2, -0.15) is 0 Å². The van der Waals surface area contributed by atoms with Crippen LogP contribution in [0.2, 0.25) is 0 Å². The van der Waals surface area contributed by atoms with Crippen LogP contribution in [0.5, 0.6) is 0 Å². The van der Waals surface area contributed by atoms with Crippen molar-refractivity contribution in [3.8, 4) is 0 Å². The quantitative estimate of drug-likeness (QED) is 0.586. The minimum atomic E-state index is 0.0990. The Balaban J connectivity index is 1.74. The SMILES string of the molecule is CC(C)=CCCCCNC(=O)Cc1c[nH]c2ccccc12. The zero-order valence-electron chi connectivity index (χ0n) is 12.9. The van der Waals surface area contributed by atoms with Gasteiger partial charge in [-0.3, -0.25) is 4.79 Å². The van der Waals surface area contributed by atoms with E-state index in [0.29, 0.717) is 6.42 Å². The molecule has 21 heavy (non-hydrogen) atoms. The third-order valence-corrected chi connectivity index (χ3v) is 3.53. The Kier molecular flexibility index (Phi) is 5.61. The molecule has 2 N–H and O–H groups in total. The Bertz CT molecular complexity index is 621. The highest BCUT2D eigenvalue weighted by Crippen LogP contribution is 2.17. The molecule has 0 saturated heterocycles. The van der Waals surface area contributed by atoms with Gasteiger partial charge in [0.25, 0.3) is 0 Å². The maximum absolute atomic E-state index is 12.0. The zero-order chi connectivity index (χ0) is 15.1. The van der Waals surface area contributed by atoms with Crippen LogP contribution in [0.25, 0.3) is 10.9 Å². The van der Waals surface area contributed by atoms with Gasteiger partial charge in [-0.25, -0.2) is 0 Å². The first-order valence-corrected chi connectivity index (χ1v) is 7.62. The Morgan fingerprint density at radius 1 is 1.24 bits per heavy atom. The minimum absolute atomic E-state index is 0.0990. The number of nitrogens with one attached hydrogen (secondary N) is 2. The molecule has 0 aliphatic carbocycles. The van der Waals surface area contributed by atoms with Crippen LogP contribution in [0.3, 0.4) is 0 Å². The second-order valence-corrected chi connectivity index (χ2v) is 5.66. The molecule has 0 radical (unpaired) electrons. The molecular weight excluding hydrogens is 260 g/mol. The maximum Gasteiger partial charge on any atom is 0.224 e. The van der Waals surface area contributed by atoms with Gasteiger partial charge in [-0.15, -0.1) is 0 Å². The third kappa shape index (κ3) is 4.78. The smallest absolute Gasteiger partial charge is 0.224 e. The molecule has 0 spiro atoms. The summed E-state index contributed by atoms with van der Waals surface area (Å²) < 4.78 is 0. The number of aromatic nitrogens is 1. The standard InChI is InChI=1S/C18H24N2O/c1-14(2)8-4-3-7-11-19-18(21)12-15-13-20-17-10-6-5-9-16(15)17/h5-6,8-10,13,20H,3-4,7,11-12H2,1-2H3,(H,19,21). The van der Waals surface area contributed by atoms with E-state index < -0.39 is 0 Å². The van der Waals surface area contributed by atoms with Gasteiger partial charge in [0, 0.05) is 23.6 Å².